The number of fused-ring (bicyclic) bond motifs is 2. The minimum Gasteiger partial charge on any atom is -0.508 e. The number of carbonyl (C=O) groups is 1. The molecule has 0 atom stereocenters. The van der Waals surface area contributed by atoms with Crippen molar-refractivity contribution in [3.05, 3.63) is 57.1 Å². The molecule has 0 saturated carbocycles. The van der Waals surface area contributed by atoms with Gasteiger partial charge >= 0.3 is 0 Å². The quantitative estimate of drug-likeness (QED) is 0.818. The van der Waals surface area contributed by atoms with Gasteiger partial charge in [0.1, 0.15) is 12.4 Å². The maximum atomic E-state index is 12.0. The van der Waals surface area contributed by atoms with Crippen LogP contribution in [0.1, 0.15) is 17.5 Å². The van der Waals surface area contributed by atoms with Crippen LogP contribution in [0.5, 0.6) is 5.75 Å². The summed E-state index contributed by atoms with van der Waals surface area (Å²) < 4.78 is 0. The molecule has 1 amide bonds. The number of phenolic OH excluding ortho intramolecular Hbond substituents is 1. The van der Waals surface area contributed by atoms with Gasteiger partial charge in [-0.15, -0.1) is 0 Å². The van der Waals surface area contributed by atoms with E-state index < -0.39 is 6.61 Å². The van der Waals surface area contributed by atoms with Crippen LogP contribution in [-0.4, -0.2) is 40.7 Å². The molecule has 1 aliphatic carbocycles. The monoisotopic (exact) mass is 389 g/mol. The van der Waals surface area contributed by atoms with E-state index in [1.165, 1.54) is 5.57 Å². The lowest BCUT2D eigenvalue weighted by Crippen LogP contribution is -2.37. The molecule has 0 spiro atoms. The normalized spacial score (nSPS) is 15.9. The summed E-state index contributed by atoms with van der Waals surface area (Å²) in [4.78, 5) is 13.6. The van der Waals surface area contributed by atoms with Crippen LogP contribution in [0.15, 0.2) is 35.9 Å². The Morgan fingerprint density at radius 3 is 2.77 bits per heavy atom. The van der Waals surface area contributed by atoms with Gasteiger partial charge in [0.05, 0.1) is 10.0 Å². The first-order valence-corrected chi connectivity index (χ1v) is 9.15. The Balaban J connectivity index is 1.88. The Kier molecular flexibility index (Phi) is 4.43. The zero-order valence-corrected chi connectivity index (χ0v) is 15.4. The summed E-state index contributed by atoms with van der Waals surface area (Å²) >= 11 is 12.9. The van der Waals surface area contributed by atoms with Gasteiger partial charge in [0.2, 0.25) is 5.91 Å². The third kappa shape index (κ3) is 2.78. The van der Waals surface area contributed by atoms with Crippen LogP contribution in [-0.2, 0) is 11.2 Å². The molecule has 2 N–H and O–H groups in total. The Morgan fingerprint density at radius 2 is 2.04 bits per heavy atom. The molecule has 0 unspecified atom stereocenters. The van der Waals surface area contributed by atoms with Crippen molar-refractivity contribution in [2.45, 2.75) is 12.8 Å². The number of benzene rings is 2. The Bertz CT molecular complexity index is 952. The number of aromatic hydroxyl groups is 1. The fourth-order valence-electron chi connectivity index (χ4n) is 3.87. The average Bonchev–Trinajstić information content (AvgIpc) is 3.03. The number of aliphatic hydroxyl groups is 1. The first-order valence-electron chi connectivity index (χ1n) is 8.39. The average molecular weight is 390 g/mol. The summed E-state index contributed by atoms with van der Waals surface area (Å²) in [6, 6.07) is 8.83. The smallest absolute Gasteiger partial charge is 0.248 e. The lowest BCUT2D eigenvalue weighted by molar-refractivity contribution is -0.133. The zero-order valence-electron chi connectivity index (χ0n) is 13.9. The maximum Gasteiger partial charge on any atom is 0.248 e. The minimum absolute atomic E-state index is 0.176. The summed E-state index contributed by atoms with van der Waals surface area (Å²) in [7, 11) is 0. The molecular formula is C20H17Cl2NO3. The van der Waals surface area contributed by atoms with E-state index in [-0.39, 0.29) is 11.7 Å². The summed E-state index contributed by atoms with van der Waals surface area (Å²) in [6.45, 7) is 0.556. The van der Waals surface area contributed by atoms with Gasteiger partial charge in [-0.2, -0.15) is 0 Å². The number of halogens is 2. The van der Waals surface area contributed by atoms with Gasteiger partial charge in [0, 0.05) is 13.1 Å². The number of hydrogen-bond acceptors (Lipinski definition) is 3. The molecule has 2 aliphatic rings. The van der Waals surface area contributed by atoms with E-state index >= 15 is 0 Å². The van der Waals surface area contributed by atoms with E-state index in [2.05, 4.69) is 0 Å². The topological polar surface area (TPSA) is 60.8 Å². The Hall–Kier alpha value is -2.01. The van der Waals surface area contributed by atoms with Crippen LogP contribution in [0.3, 0.4) is 0 Å². The van der Waals surface area contributed by atoms with Crippen molar-refractivity contribution in [2.24, 2.45) is 0 Å². The van der Waals surface area contributed by atoms with Crippen molar-refractivity contribution >= 4 is 34.7 Å². The van der Waals surface area contributed by atoms with E-state index in [9.17, 15) is 15.0 Å². The number of hydrogen-bond donors (Lipinski definition) is 2. The second kappa shape index (κ2) is 6.62. The van der Waals surface area contributed by atoms with Crippen LogP contribution >= 0.6 is 23.2 Å². The van der Waals surface area contributed by atoms with Crippen molar-refractivity contribution in [3.8, 4) is 16.9 Å². The highest BCUT2D eigenvalue weighted by Gasteiger charge is 2.33. The van der Waals surface area contributed by atoms with Crippen molar-refractivity contribution in [1.82, 2.24) is 4.90 Å². The highest BCUT2D eigenvalue weighted by atomic mass is 35.5. The fourth-order valence-corrected chi connectivity index (χ4v) is 4.31. The number of phenols is 1. The first-order chi connectivity index (χ1) is 12.5. The molecular weight excluding hydrogens is 373 g/mol. The number of rotatable bonds is 2. The number of aliphatic hydroxyl groups excluding tert-OH is 1. The van der Waals surface area contributed by atoms with Gasteiger partial charge in [0.15, 0.2) is 0 Å². The van der Waals surface area contributed by atoms with Crippen LogP contribution in [0.25, 0.3) is 16.7 Å². The molecule has 134 valence electrons. The van der Waals surface area contributed by atoms with Gasteiger partial charge in [-0.25, -0.2) is 0 Å². The molecule has 2 aromatic carbocycles. The second-order valence-corrected chi connectivity index (χ2v) is 7.39. The summed E-state index contributed by atoms with van der Waals surface area (Å²) in [5, 5.41) is 20.1. The first kappa shape index (κ1) is 17.4. The van der Waals surface area contributed by atoms with Crippen molar-refractivity contribution < 1.29 is 15.0 Å². The molecule has 26 heavy (non-hydrogen) atoms. The Labute approximate surface area is 161 Å². The molecule has 2 aromatic rings. The second-order valence-electron chi connectivity index (χ2n) is 6.61. The molecule has 6 heteroatoms. The highest BCUT2D eigenvalue weighted by Crippen LogP contribution is 2.48. The summed E-state index contributed by atoms with van der Waals surface area (Å²) in [6.07, 6.45) is 1.47. The molecule has 0 radical (unpaired) electrons. The van der Waals surface area contributed by atoms with Crippen LogP contribution in [0.2, 0.25) is 10.0 Å². The number of nitrogens with zero attached hydrogens (tertiary/aromatic N) is 1. The van der Waals surface area contributed by atoms with Crippen LogP contribution < -0.4 is 0 Å². The third-order valence-electron chi connectivity index (χ3n) is 5.11. The number of amides is 1. The molecule has 0 bridgehead atoms. The Morgan fingerprint density at radius 1 is 1.23 bits per heavy atom. The molecule has 1 heterocycles. The number of carbonyl (C=O) groups excluding carboxylic acids is 1. The molecule has 0 fully saturated rings. The molecule has 0 aromatic heterocycles. The predicted molar refractivity (Wildman–Crippen MR) is 102 cm³/mol. The predicted octanol–water partition coefficient (Wildman–Crippen LogP) is 3.90. The molecule has 1 aliphatic heterocycles. The van der Waals surface area contributed by atoms with Gasteiger partial charge in [-0.05, 0) is 58.9 Å². The SMILES string of the molecule is O=C(CO)N1CCC2=C(C1)c1c(-c3cccc(O)c3)cc(Cl)c(Cl)c1C2. The minimum atomic E-state index is -0.490. The zero-order chi connectivity index (χ0) is 18.4. The highest BCUT2D eigenvalue weighted by molar-refractivity contribution is 6.43. The van der Waals surface area contributed by atoms with E-state index in [1.54, 1.807) is 23.1 Å². The van der Waals surface area contributed by atoms with Gasteiger partial charge in [0.25, 0.3) is 0 Å². The van der Waals surface area contributed by atoms with Gasteiger partial charge in [-0.1, -0.05) is 40.9 Å². The molecule has 4 nitrogen and oxygen atoms in total. The lowest BCUT2D eigenvalue weighted by atomic mass is 9.92. The van der Waals surface area contributed by atoms with Gasteiger partial charge < -0.3 is 15.1 Å². The van der Waals surface area contributed by atoms with E-state index in [0.717, 1.165) is 40.7 Å². The van der Waals surface area contributed by atoms with Crippen LogP contribution in [0, 0.1) is 0 Å². The van der Waals surface area contributed by atoms with Crippen molar-refractivity contribution in [1.29, 1.82) is 0 Å². The maximum absolute atomic E-state index is 12.0. The lowest BCUT2D eigenvalue weighted by Gasteiger charge is -2.29. The third-order valence-corrected chi connectivity index (χ3v) is 5.94. The fraction of sp³-hybridized carbons (Fsp3) is 0.250. The summed E-state index contributed by atoms with van der Waals surface area (Å²) in [5.41, 5.74) is 6.04. The largest absolute Gasteiger partial charge is 0.508 e. The van der Waals surface area contributed by atoms with Gasteiger partial charge in [-0.3, -0.25) is 4.79 Å². The molecule has 0 saturated heterocycles. The van der Waals surface area contributed by atoms with Crippen molar-refractivity contribution in [2.75, 3.05) is 19.7 Å². The summed E-state index contributed by atoms with van der Waals surface area (Å²) in [5.74, 6) is -0.0979. The van der Waals surface area contributed by atoms with E-state index in [0.29, 0.717) is 23.1 Å². The van der Waals surface area contributed by atoms with E-state index in [4.69, 9.17) is 23.2 Å². The standard InChI is InChI=1S/C20H17Cl2NO3/c21-17-8-14(11-2-1-3-13(25)6-11)19-15(20(17)22)7-12-4-5-23(9-16(12)19)18(26)10-24/h1-3,6,8,24-25H,4-5,7,9-10H2. The van der Waals surface area contributed by atoms with E-state index in [1.807, 2.05) is 12.1 Å². The molecule has 4 rings (SSSR count). The van der Waals surface area contributed by atoms with Crippen LogP contribution in [0.4, 0.5) is 0 Å². The van der Waals surface area contributed by atoms with Crippen molar-refractivity contribution in [3.63, 3.8) is 0 Å².